The van der Waals surface area contributed by atoms with Crippen molar-refractivity contribution in [3.63, 3.8) is 0 Å². The minimum atomic E-state index is -0.0333. The molecule has 0 saturated carbocycles. The van der Waals surface area contributed by atoms with E-state index in [0.29, 0.717) is 5.92 Å². The average Bonchev–Trinajstić information content (AvgIpc) is 3.32. The molecule has 0 unspecified atom stereocenters. The van der Waals surface area contributed by atoms with Gasteiger partial charge in [0.2, 0.25) is 5.91 Å². The number of H-pyrrole nitrogens is 1. The van der Waals surface area contributed by atoms with E-state index < -0.39 is 0 Å². The third-order valence-corrected chi connectivity index (χ3v) is 7.68. The first-order valence-corrected chi connectivity index (χ1v) is 14.6. The second-order valence-corrected chi connectivity index (χ2v) is 10.7. The van der Waals surface area contributed by atoms with Gasteiger partial charge in [0, 0.05) is 28.2 Å². The number of carbonyl (C=O) groups is 1. The summed E-state index contributed by atoms with van der Waals surface area (Å²) >= 11 is 0. The first kappa shape index (κ1) is 29.2. The van der Waals surface area contributed by atoms with Gasteiger partial charge in [-0.2, -0.15) is 0 Å². The van der Waals surface area contributed by atoms with Gasteiger partial charge in [-0.3, -0.25) is 4.79 Å². The lowest BCUT2D eigenvalue weighted by atomic mass is 9.89. The van der Waals surface area contributed by atoms with Crippen molar-refractivity contribution in [2.45, 2.75) is 59.3 Å². The molecule has 1 fully saturated rings. The number of aromatic amines is 1. The summed E-state index contributed by atoms with van der Waals surface area (Å²) in [6, 6.07) is 21.1. The van der Waals surface area contributed by atoms with Crippen molar-refractivity contribution in [1.29, 1.82) is 0 Å². The predicted octanol–water partition coefficient (Wildman–Crippen LogP) is 7.68. The normalized spacial score (nSPS) is 14.2. The van der Waals surface area contributed by atoms with Crippen LogP contribution in [-0.4, -0.2) is 45.6 Å². The maximum Gasteiger partial charge on any atom is 0.226 e. The van der Waals surface area contributed by atoms with E-state index in [0.717, 1.165) is 73.2 Å². The molecule has 2 heterocycles. The lowest BCUT2D eigenvalue weighted by molar-refractivity contribution is -0.118. The molecule has 1 aromatic heterocycles. The molecule has 1 aliphatic rings. The molecule has 0 radical (unpaired) electrons. The van der Waals surface area contributed by atoms with E-state index in [9.17, 15) is 15.0 Å². The summed E-state index contributed by atoms with van der Waals surface area (Å²) < 4.78 is 0. The van der Waals surface area contributed by atoms with E-state index in [1.807, 2.05) is 64.1 Å². The van der Waals surface area contributed by atoms with Crippen LogP contribution in [0.2, 0.25) is 0 Å². The van der Waals surface area contributed by atoms with Crippen molar-refractivity contribution in [3.8, 4) is 22.8 Å². The Bertz CT molecular complexity index is 1400. The minimum absolute atomic E-state index is 0.0333. The molecule has 40 heavy (non-hydrogen) atoms. The Morgan fingerprint density at radius 3 is 2.38 bits per heavy atom. The molecular formula is C34H43N3O3. The fourth-order valence-corrected chi connectivity index (χ4v) is 5.50. The van der Waals surface area contributed by atoms with Crippen LogP contribution in [0, 0.1) is 5.92 Å². The molecule has 3 aromatic carbocycles. The third-order valence-electron chi connectivity index (χ3n) is 7.68. The van der Waals surface area contributed by atoms with Crippen LogP contribution in [0.3, 0.4) is 0 Å². The standard InChI is InChI=1S/C32H37N3O3.C2H6/c1-21(2)32(38)33-25-6-3-5-24(19-25)22-14-17-35(18-15-22)16-4-7-28-29-20-27(37)12-13-30(29)34-31(28)23-8-10-26(36)11-9-23;1-2/h3,5-6,8-13,19-22,34,36-37H,4,7,14-18H2,1-2H3,(H,33,38);1-2H3. The molecule has 6 nitrogen and oxygen atoms in total. The molecule has 0 spiro atoms. The highest BCUT2D eigenvalue weighted by molar-refractivity contribution is 5.92. The van der Waals surface area contributed by atoms with Crippen LogP contribution < -0.4 is 5.32 Å². The topological polar surface area (TPSA) is 88.6 Å². The van der Waals surface area contributed by atoms with Gasteiger partial charge in [-0.05, 0) is 123 Å². The maximum atomic E-state index is 12.1. The van der Waals surface area contributed by atoms with Gasteiger partial charge in [0.1, 0.15) is 11.5 Å². The second-order valence-electron chi connectivity index (χ2n) is 10.7. The zero-order chi connectivity index (χ0) is 28.6. The summed E-state index contributed by atoms with van der Waals surface area (Å²) in [6.45, 7) is 11.0. The van der Waals surface area contributed by atoms with Gasteiger partial charge in [0.05, 0.1) is 0 Å². The van der Waals surface area contributed by atoms with Crippen LogP contribution in [0.5, 0.6) is 11.5 Å². The highest BCUT2D eigenvalue weighted by Gasteiger charge is 2.21. The SMILES string of the molecule is CC.CC(C)C(=O)Nc1cccc(C2CCN(CCCc3c(-c4ccc(O)cc4)[nH]c4ccc(O)cc34)CC2)c1. The summed E-state index contributed by atoms with van der Waals surface area (Å²) in [5.74, 6) is 1.05. The van der Waals surface area contributed by atoms with Crippen molar-refractivity contribution in [2.24, 2.45) is 5.92 Å². The van der Waals surface area contributed by atoms with E-state index in [2.05, 4.69) is 27.3 Å². The number of amides is 1. The van der Waals surface area contributed by atoms with Gasteiger partial charge >= 0.3 is 0 Å². The zero-order valence-corrected chi connectivity index (χ0v) is 24.2. The van der Waals surface area contributed by atoms with Gasteiger partial charge < -0.3 is 25.4 Å². The van der Waals surface area contributed by atoms with E-state index in [4.69, 9.17) is 0 Å². The number of benzene rings is 3. The number of rotatable bonds is 8. The Morgan fingerprint density at radius 1 is 0.975 bits per heavy atom. The summed E-state index contributed by atoms with van der Waals surface area (Å²) in [7, 11) is 0. The Kier molecular flexibility index (Phi) is 9.88. The first-order chi connectivity index (χ1) is 19.4. The van der Waals surface area contributed by atoms with Crippen LogP contribution in [-0.2, 0) is 11.2 Å². The largest absolute Gasteiger partial charge is 0.508 e. The third kappa shape index (κ3) is 7.05. The van der Waals surface area contributed by atoms with Crippen molar-refractivity contribution in [2.75, 3.05) is 25.0 Å². The quantitative estimate of drug-likeness (QED) is 0.184. The van der Waals surface area contributed by atoms with E-state index in [1.165, 1.54) is 11.1 Å². The molecule has 0 atom stereocenters. The Balaban J connectivity index is 0.00000181. The van der Waals surface area contributed by atoms with Crippen LogP contribution in [0.4, 0.5) is 5.69 Å². The number of fused-ring (bicyclic) bond motifs is 1. The second kappa shape index (κ2) is 13.5. The maximum absolute atomic E-state index is 12.1. The van der Waals surface area contributed by atoms with Crippen LogP contribution in [0.15, 0.2) is 66.7 Å². The van der Waals surface area contributed by atoms with Crippen molar-refractivity contribution in [3.05, 3.63) is 77.9 Å². The molecule has 5 rings (SSSR count). The number of anilines is 1. The number of aromatic nitrogens is 1. The zero-order valence-electron chi connectivity index (χ0n) is 24.2. The monoisotopic (exact) mass is 541 g/mol. The number of phenols is 2. The van der Waals surface area contributed by atoms with Crippen molar-refractivity contribution >= 4 is 22.5 Å². The summed E-state index contributed by atoms with van der Waals surface area (Å²) in [6.07, 6.45) is 4.15. The molecule has 212 valence electrons. The fourth-order valence-electron chi connectivity index (χ4n) is 5.50. The smallest absolute Gasteiger partial charge is 0.226 e. The Morgan fingerprint density at radius 2 is 1.68 bits per heavy atom. The number of nitrogens with one attached hydrogen (secondary N) is 2. The van der Waals surface area contributed by atoms with Gasteiger partial charge in [0.15, 0.2) is 0 Å². The number of nitrogens with zero attached hydrogens (tertiary/aromatic N) is 1. The Labute approximate surface area is 238 Å². The number of hydrogen-bond acceptors (Lipinski definition) is 4. The predicted molar refractivity (Wildman–Crippen MR) is 165 cm³/mol. The number of hydrogen-bond donors (Lipinski definition) is 4. The minimum Gasteiger partial charge on any atom is -0.508 e. The fraction of sp³-hybridized carbons (Fsp3) is 0.382. The summed E-state index contributed by atoms with van der Waals surface area (Å²) in [4.78, 5) is 18.2. The van der Waals surface area contributed by atoms with Gasteiger partial charge in [-0.25, -0.2) is 0 Å². The molecule has 0 bridgehead atoms. The van der Waals surface area contributed by atoms with Crippen LogP contribution >= 0.6 is 0 Å². The molecule has 6 heteroatoms. The van der Waals surface area contributed by atoms with Gasteiger partial charge in [-0.1, -0.05) is 39.8 Å². The molecule has 4 aromatic rings. The molecule has 1 amide bonds. The first-order valence-electron chi connectivity index (χ1n) is 14.6. The van der Waals surface area contributed by atoms with Gasteiger partial charge in [-0.15, -0.1) is 0 Å². The number of phenolic OH excluding ortho intramolecular Hbond substituents is 2. The van der Waals surface area contributed by atoms with Crippen molar-refractivity contribution < 1.29 is 15.0 Å². The number of aromatic hydroxyl groups is 2. The molecule has 4 N–H and O–H groups in total. The highest BCUT2D eigenvalue weighted by atomic mass is 16.3. The number of likely N-dealkylation sites (tertiary alicyclic amines) is 1. The van der Waals surface area contributed by atoms with E-state index in [1.54, 1.807) is 18.2 Å². The van der Waals surface area contributed by atoms with E-state index >= 15 is 0 Å². The van der Waals surface area contributed by atoms with Crippen molar-refractivity contribution in [1.82, 2.24) is 9.88 Å². The molecule has 1 saturated heterocycles. The molecule has 1 aliphatic heterocycles. The lowest BCUT2D eigenvalue weighted by Gasteiger charge is -2.32. The number of piperidine rings is 1. The van der Waals surface area contributed by atoms with Gasteiger partial charge in [0.25, 0.3) is 0 Å². The van der Waals surface area contributed by atoms with Crippen LogP contribution in [0.25, 0.3) is 22.2 Å². The number of aryl methyl sites for hydroxylation is 1. The summed E-state index contributed by atoms with van der Waals surface area (Å²) in [5.41, 5.74) is 6.49. The van der Waals surface area contributed by atoms with E-state index in [-0.39, 0.29) is 23.3 Å². The Hall–Kier alpha value is -3.77. The number of carbonyl (C=O) groups excluding carboxylic acids is 1. The highest BCUT2D eigenvalue weighted by Crippen LogP contribution is 2.34. The average molecular weight is 542 g/mol. The summed E-state index contributed by atoms with van der Waals surface area (Å²) in [5, 5.41) is 23.9. The molecule has 0 aliphatic carbocycles. The van der Waals surface area contributed by atoms with Crippen LogP contribution in [0.1, 0.15) is 64.0 Å². The lowest BCUT2D eigenvalue weighted by Crippen LogP contribution is -2.33. The molecular weight excluding hydrogens is 498 g/mol.